The third kappa shape index (κ3) is 3.52. The van der Waals surface area contributed by atoms with Gasteiger partial charge in [-0.25, -0.2) is 8.78 Å². The summed E-state index contributed by atoms with van der Waals surface area (Å²) in [4.78, 5) is 8.77. The van der Waals surface area contributed by atoms with Crippen LogP contribution in [0.4, 0.5) is 8.78 Å². The third-order valence-electron chi connectivity index (χ3n) is 3.95. The Kier molecular flexibility index (Phi) is 4.27. The number of aromatic nitrogens is 1. The van der Waals surface area contributed by atoms with Gasteiger partial charge in [-0.3, -0.25) is 9.98 Å². The number of benzene rings is 2. The average molecular weight is 348 g/mol. The van der Waals surface area contributed by atoms with Crippen LogP contribution in [0.15, 0.2) is 71.9 Å². The summed E-state index contributed by atoms with van der Waals surface area (Å²) in [6.45, 7) is 0.589. The number of allylic oxidation sites excluding steroid dienone is 1. The van der Waals surface area contributed by atoms with Crippen molar-refractivity contribution in [1.29, 1.82) is 0 Å². The lowest BCUT2D eigenvalue weighted by Crippen LogP contribution is -1.96. The molecule has 0 radical (unpaired) electrons. The van der Waals surface area contributed by atoms with Crippen LogP contribution in [-0.2, 0) is 6.54 Å². The number of rotatable bonds is 4. The summed E-state index contributed by atoms with van der Waals surface area (Å²) in [5.74, 6) is -0.749. The van der Waals surface area contributed by atoms with Crippen LogP contribution in [0, 0.1) is 11.6 Å². The molecule has 128 valence electrons. The highest BCUT2D eigenvalue weighted by atomic mass is 19.1. The van der Waals surface area contributed by atoms with Crippen LogP contribution in [0.3, 0.4) is 0 Å². The first kappa shape index (κ1) is 16.1. The quantitative estimate of drug-likeness (QED) is 0.652. The Morgan fingerprint density at radius 2 is 1.73 bits per heavy atom. The van der Waals surface area contributed by atoms with E-state index in [4.69, 9.17) is 4.74 Å². The minimum atomic E-state index is -0.679. The van der Waals surface area contributed by atoms with E-state index in [1.165, 1.54) is 0 Å². The first-order valence-electron chi connectivity index (χ1n) is 8.08. The van der Waals surface area contributed by atoms with Crippen molar-refractivity contribution in [3.8, 4) is 11.5 Å². The second-order valence-corrected chi connectivity index (χ2v) is 5.82. The lowest BCUT2D eigenvalue weighted by Gasteiger charge is -2.08. The number of ether oxygens (including phenoxy) is 1. The van der Waals surface area contributed by atoms with Crippen molar-refractivity contribution < 1.29 is 13.5 Å². The molecule has 26 heavy (non-hydrogen) atoms. The summed E-state index contributed by atoms with van der Waals surface area (Å²) in [5.41, 5.74) is 3.67. The lowest BCUT2D eigenvalue weighted by atomic mass is 10.0. The Hall–Kier alpha value is -3.34. The Balaban J connectivity index is 1.58. The second kappa shape index (κ2) is 6.88. The minimum Gasteiger partial charge on any atom is -0.457 e. The molecule has 4 rings (SSSR count). The van der Waals surface area contributed by atoms with Crippen molar-refractivity contribution in [3.05, 3.63) is 95.3 Å². The highest BCUT2D eigenvalue weighted by molar-refractivity contribution is 6.13. The summed E-state index contributed by atoms with van der Waals surface area (Å²) in [6.07, 6.45) is 5.53. The van der Waals surface area contributed by atoms with Gasteiger partial charge >= 0.3 is 0 Å². The van der Waals surface area contributed by atoms with E-state index in [0.29, 0.717) is 12.3 Å². The van der Waals surface area contributed by atoms with Crippen LogP contribution in [0.2, 0.25) is 0 Å². The van der Waals surface area contributed by atoms with Crippen molar-refractivity contribution in [1.82, 2.24) is 4.98 Å². The van der Waals surface area contributed by atoms with E-state index in [0.717, 1.165) is 40.7 Å². The molecule has 0 atom stereocenters. The Morgan fingerprint density at radius 1 is 0.885 bits per heavy atom. The topological polar surface area (TPSA) is 34.5 Å². The zero-order chi connectivity index (χ0) is 17.9. The summed E-state index contributed by atoms with van der Waals surface area (Å²) >= 11 is 0. The predicted octanol–water partition coefficient (Wildman–Crippen LogP) is 5.17. The fourth-order valence-electron chi connectivity index (χ4n) is 2.76. The van der Waals surface area contributed by atoms with Crippen molar-refractivity contribution in [2.45, 2.75) is 6.54 Å². The molecule has 0 amide bonds. The average Bonchev–Trinajstić information content (AvgIpc) is 3.02. The molecule has 1 aliphatic heterocycles. The maximum atomic E-state index is 13.3. The van der Waals surface area contributed by atoms with Gasteiger partial charge in [-0.1, -0.05) is 12.1 Å². The molecular weight excluding hydrogens is 334 g/mol. The van der Waals surface area contributed by atoms with Gasteiger partial charge in [0.2, 0.25) is 0 Å². The molecule has 0 fully saturated rings. The van der Waals surface area contributed by atoms with Gasteiger partial charge < -0.3 is 4.74 Å². The molecule has 3 nitrogen and oxygen atoms in total. The molecule has 0 saturated heterocycles. The molecule has 1 aliphatic rings. The molecule has 2 heterocycles. The van der Waals surface area contributed by atoms with Crippen molar-refractivity contribution in [2.24, 2.45) is 4.99 Å². The molecule has 1 aromatic heterocycles. The molecule has 0 bridgehead atoms. The monoisotopic (exact) mass is 348 g/mol. The van der Waals surface area contributed by atoms with Crippen molar-refractivity contribution in [2.75, 3.05) is 0 Å². The molecule has 0 aliphatic carbocycles. The van der Waals surface area contributed by atoms with E-state index in [1.807, 2.05) is 42.5 Å². The summed E-state index contributed by atoms with van der Waals surface area (Å²) in [7, 11) is 0. The van der Waals surface area contributed by atoms with Crippen LogP contribution < -0.4 is 4.74 Å². The highest BCUT2D eigenvalue weighted by Crippen LogP contribution is 2.29. The zero-order valence-corrected chi connectivity index (χ0v) is 13.7. The van der Waals surface area contributed by atoms with E-state index in [2.05, 4.69) is 9.98 Å². The van der Waals surface area contributed by atoms with E-state index in [1.54, 1.807) is 12.3 Å². The number of halogens is 2. The van der Waals surface area contributed by atoms with E-state index in [9.17, 15) is 8.78 Å². The number of nitrogens with zero attached hydrogens (tertiary/aromatic N) is 2. The van der Waals surface area contributed by atoms with Crippen molar-refractivity contribution >= 4 is 11.8 Å². The standard InChI is InChI=1S/C21H14F2N2O/c22-15-9-16(23)11-19(10-15)26-18-6-4-14-13-25-21(20(14)12-18)7-5-17-3-1-2-8-24-17/h1-12H,13H2/b7-5+. The number of pyridine rings is 1. The second-order valence-electron chi connectivity index (χ2n) is 5.82. The summed E-state index contributed by atoms with van der Waals surface area (Å²) in [5, 5.41) is 0. The molecular formula is C21H14F2N2O. The van der Waals surface area contributed by atoms with E-state index in [-0.39, 0.29) is 5.75 Å². The van der Waals surface area contributed by atoms with Gasteiger partial charge in [-0.2, -0.15) is 0 Å². The fraction of sp³-hybridized carbons (Fsp3) is 0.0476. The molecule has 3 aromatic rings. The van der Waals surface area contributed by atoms with E-state index < -0.39 is 11.6 Å². The summed E-state index contributed by atoms with van der Waals surface area (Å²) < 4.78 is 32.2. The van der Waals surface area contributed by atoms with Gasteiger partial charge in [0.25, 0.3) is 0 Å². The lowest BCUT2D eigenvalue weighted by molar-refractivity contribution is 0.468. The highest BCUT2D eigenvalue weighted by Gasteiger charge is 2.15. The van der Waals surface area contributed by atoms with Gasteiger partial charge in [-0.05, 0) is 42.0 Å². The van der Waals surface area contributed by atoms with Crippen LogP contribution in [0.25, 0.3) is 6.08 Å². The normalized spacial score (nSPS) is 12.9. The zero-order valence-electron chi connectivity index (χ0n) is 13.7. The molecule has 5 heteroatoms. The van der Waals surface area contributed by atoms with Gasteiger partial charge in [0.15, 0.2) is 0 Å². The van der Waals surface area contributed by atoms with Crippen LogP contribution in [-0.4, -0.2) is 10.7 Å². The fourth-order valence-corrected chi connectivity index (χ4v) is 2.76. The smallest absolute Gasteiger partial charge is 0.133 e. The van der Waals surface area contributed by atoms with Crippen molar-refractivity contribution in [3.63, 3.8) is 0 Å². The molecule has 2 aromatic carbocycles. The Morgan fingerprint density at radius 3 is 2.50 bits per heavy atom. The maximum Gasteiger partial charge on any atom is 0.133 e. The molecule has 0 N–H and O–H groups in total. The van der Waals surface area contributed by atoms with E-state index >= 15 is 0 Å². The van der Waals surface area contributed by atoms with Gasteiger partial charge in [0, 0.05) is 30.0 Å². The number of hydrogen-bond donors (Lipinski definition) is 0. The number of aliphatic imine (C=N–C) groups is 1. The third-order valence-corrected chi connectivity index (χ3v) is 3.95. The Labute approximate surface area is 149 Å². The maximum absolute atomic E-state index is 13.3. The Bertz CT molecular complexity index is 994. The minimum absolute atomic E-state index is 0.114. The van der Waals surface area contributed by atoms with Crippen LogP contribution in [0.5, 0.6) is 11.5 Å². The molecule has 0 saturated carbocycles. The number of fused-ring (bicyclic) bond motifs is 1. The van der Waals surface area contributed by atoms with Crippen LogP contribution in [0.1, 0.15) is 16.8 Å². The largest absolute Gasteiger partial charge is 0.457 e. The first-order chi connectivity index (χ1) is 12.7. The molecule has 0 unspecified atom stereocenters. The van der Waals surface area contributed by atoms with Gasteiger partial charge in [0.1, 0.15) is 23.1 Å². The molecule has 0 spiro atoms. The first-order valence-corrected chi connectivity index (χ1v) is 8.08. The number of hydrogen-bond acceptors (Lipinski definition) is 3. The van der Waals surface area contributed by atoms with Gasteiger partial charge in [-0.15, -0.1) is 0 Å². The SMILES string of the molecule is Fc1cc(F)cc(Oc2ccc3c(c2)C(/C=C/c2ccccn2)=NC3)c1. The van der Waals surface area contributed by atoms with Crippen LogP contribution >= 0.6 is 0 Å². The predicted molar refractivity (Wildman–Crippen MR) is 96.4 cm³/mol. The van der Waals surface area contributed by atoms with Gasteiger partial charge in [0.05, 0.1) is 18.0 Å². The summed E-state index contributed by atoms with van der Waals surface area (Å²) in [6, 6.07) is 14.3.